The maximum Gasteiger partial charge on any atom is 0.323 e. The molecule has 4 nitrogen and oxygen atoms in total. The summed E-state index contributed by atoms with van der Waals surface area (Å²) in [5.74, 6) is 0. The van der Waals surface area contributed by atoms with Crippen molar-refractivity contribution in [3.05, 3.63) is 46.8 Å². The molecule has 1 aliphatic rings. The van der Waals surface area contributed by atoms with E-state index in [-0.39, 0.29) is 5.06 Å². The first-order chi connectivity index (χ1) is 5.79. The van der Waals surface area contributed by atoms with Crippen molar-refractivity contribution in [3.63, 3.8) is 0 Å². The Morgan fingerprint density at radius 3 is 2.83 bits per heavy atom. The number of fused-ring (bicyclic) bond motifs is 1. The van der Waals surface area contributed by atoms with Gasteiger partial charge >= 0.3 is 5.69 Å². The highest BCUT2D eigenvalue weighted by molar-refractivity contribution is 5.52. The van der Waals surface area contributed by atoms with Gasteiger partial charge in [-0.1, -0.05) is 12.1 Å². The van der Waals surface area contributed by atoms with Crippen LogP contribution < -0.4 is 5.06 Å². The molecule has 0 fully saturated rings. The van der Waals surface area contributed by atoms with Gasteiger partial charge in [-0.3, -0.25) is 0 Å². The third-order valence-corrected chi connectivity index (χ3v) is 1.77. The van der Waals surface area contributed by atoms with Gasteiger partial charge in [0.25, 0.3) is 6.20 Å². The molecule has 12 heavy (non-hydrogen) atoms. The van der Waals surface area contributed by atoms with Gasteiger partial charge in [-0.15, -0.1) is 0 Å². The lowest BCUT2D eigenvalue weighted by Crippen LogP contribution is -2.97. The minimum absolute atomic E-state index is 0.113. The lowest BCUT2D eigenvalue weighted by Gasteiger charge is -2.16. The van der Waals surface area contributed by atoms with Crippen molar-refractivity contribution in [1.82, 2.24) is 0 Å². The molecule has 4 heteroatoms. The summed E-state index contributed by atoms with van der Waals surface area (Å²) in [7, 11) is 0. The molecule has 60 valence electrons. The van der Waals surface area contributed by atoms with Crippen LogP contribution in [0.2, 0.25) is 0 Å². The van der Waals surface area contributed by atoms with E-state index in [1.807, 2.05) is 0 Å². The van der Waals surface area contributed by atoms with Gasteiger partial charge in [-0.25, -0.2) is 0 Å². The van der Waals surface area contributed by atoms with Crippen LogP contribution in [-0.4, -0.2) is 4.76 Å². The van der Waals surface area contributed by atoms with Crippen molar-refractivity contribution in [2.75, 3.05) is 0 Å². The monoisotopic (exact) mass is 163 g/mol. The molecule has 0 saturated heterocycles. The average molecular weight is 163 g/mol. The zero-order chi connectivity index (χ0) is 8.55. The molecule has 1 aromatic carbocycles. The Morgan fingerprint density at radius 1 is 1.33 bits per heavy atom. The zero-order valence-corrected chi connectivity index (χ0v) is 6.23. The largest absolute Gasteiger partial charge is 0.623 e. The molecule has 0 aromatic heterocycles. The van der Waals surface area contributed by atoms with Crippen LogP contribution in [0.1, 0.15) is 0 Å². The first kappa shape index (κ1) is 7.15. The maximum absolute atomic E-state index is 11.2. The number of nitrogens with one attached hydrogen (secondary N) is 1. The van der Waals surface area contributed by atoms with Gasteiger partial charge in [0.2, 0.25) is 5.69 Å². The fraction of sp³-hybridized carbons (Fsp3) is 0. The molecule has 1 aliphatic heterocycles. The normalized spacial score (nSPS) is 20.8. The first-order valence-corrected chi connectivity index (χ1v) is 3.57. The van der Waals surface area contributed by atoms with Crippen LogP contribution in [0.4, 0.5) is 11.4 Å². The number of nitrogens with zero attached hydrogens (tertiary/aromatic N) is 1. The third kappa shape index (κ3) is 0.939. The van der Waals surface area contributed by atoms with Crippen LogP contribution in [0.5, 0.6) is 0 Å². The molecule has 2 rings (SSSR count). The Morgan fingerprint density at radius 2 is 2.08 bits per heavy atom. The Hall–Kier alpha value is -1.52. The summed E-state index contributed by atoms with van der Waals surface area (Å²) >= 11 is 0. The Bertz CT molecular complexity index is 360. The number of nitroso groups, excluding NO2 is 1. The topological polar surface area (TPSA) is 47.6 Å². The average Bonchev–Trinajstić information content (AvgIpc) is 2.12. The maximum atomic E-state index is 11.2. The van der Waals surface area contributed by atoms with E-state index in [0.29, 0.717) is 16.1 Å². The van der Waals surface area contributed by atoms with Gasteiger partial charge in [0.15, 0.2) is 6.20 Å². The van der Waals surface area contributed by atoms with Crippen LogP contribution in [0.25, 0.3) is 0 Å². The highest BCUT2D eigenvalue weighted by Gasteiger charge is 2.25. The summed E-state index contributed by atoms with van der Waals surface area (Å²) in [6, 6.07) is 6.75. The number of hydrogen-bond acceptors (Lipinski definition) is 2. The molecule has 1 unspecified atom stereocenters. The summed E-state index contributed by atoms with van der Waals surface area (Å²) in [5, 5.41) is 11.1. The second-order valence-corrected chi connectivity index (χ2v) is 2.52. The summed E-state index contributed by atoms with van der Waals surface area (Å²) in [4.78, 5) is 11.1. The van der Waals surface area contributed by atoms with Crippen molar-refractivity contribution in [3.8, 4) is 0 Å². The molecule has 0 saturated carbocycles. The highest BCUT2D eigenvalue weighted by atomic mass is 16.5. The number of rotatable bonds is 0. The first-order valence-electron chi connectivity index (χ1n) is 3.57. The summed E-state index contributed by atoms with van der Waals surface area (Å²) in [5.41, 5.74) is 0.889. The molecule has 0 aliphatic carbocycles. The number of hydroxylamine groups is 1. The van der Waals surface area contributed by atoms with Gasteiger partial charge in [0.05, 0.1) is 4.76 Å². The quantitative estimate of drug-likeness (QED) is 0.449. The summed E-state index contributed by atoms with van der Waals surface area (Å²) in [6.07, 6.45) is 2.50. The predicted molar refractivity (Wildman–Crippen MR) is 42.9 cm³/mol. The molecule has 1 atom stereocenters. The highest BCUT2D eigenvalue weighted by Crippen LogP contribution is 2.21. The Balaban J connectivity index is 2.61. The molecular formula is C8H7N2O2+. The summed E-state index contributed by atoms with van der Waals surface area (Å²) in [6.45, 7) is 0. The molecule has 1 heterocycles. The fourth-order valence-electron chi connectivity index (χ4n) is 1.18. The fourth-order valence-corrected chi connectivity index (χ4v) is 1.18. The van der Waals surface area contributed by atoms with Crippen molar-refractivity contribution >= 4 is 11.4 Å². The van der Waals surface area contributed by atoms with E-state index in [0.717, 1.165) is 0 Å². The van der Waals surface area contributed by atoms with Crippen LogP contribution in [0.15, 0.2) is 36.7 Å². The summed E-state index contributed by atoms with van der Waals surface area (Å²) < 4.78 is 0.691. The van der Waals surface area contributed by atoms with Gasteiger partial charge in [-0.2, -0.15) is 0 Å². The smallest absolute Gasteiger partial charge is 0.323 e. The molecule has 0 spiro atoms. The second-order valence-electron chi connectivity index (χ2n) is 2.52. The van der Waals surface area contributed by atoms with E-state index in [9.17, 15) is 10.1 Å². The minimum atomic E-state index is -0.113. The zero-order valence-electron chi connectivity index (χ0n) is 6.23. The Labute approximate surface area is 68.9 Å². The number of hydrogen-bond donors (Lipinski definition) is 1. The van der Waals surface area contributed by atoms with Gasteiger partial charge < -0.3 is 10.3 Å². The minimum Gasteiger partial charge on any atom is -0.623 e. The number of quaternary nitrogens is 1. The van der Waals surface area contributed by atoms with E-state index in [1.54, 1.807) is 24.3 Å². The lowest BCUT2D eigenvalue weighted by atomic mass is 10.2. The van der Waals surface area contributed by atoms with Crippen molar-refractivity contribution in [1.29, 1.82) is 0 Å². The Kier molecular flexibility index (Phi) is 1.49. The number of para-hydroxylation sites is 2. The van der Waals surface area contributed by atoms with Gasteiger partial charge in [0, 0.05) is 17.0 Å². The molecule has 0 amide bonds. The second kappa shape index (κ2) is 2.51. The standard InChI is InChI=1S/C8H7N2O2/c11-9-5-6-10(12)8-4-2-1-3-7(8)9/h1-6,9H/q+1. The van der Waals surface area contributed by atoms with E-state index in [2.05, 4.69) is 0 Å². The molecule has 0 radical (unpaired) electrons. The van der Waals surface area contributed by atoms with Crippen LogP contribution in [-0.2, 0) is 0 Å². The van der Waals surface area contributed by atoms with E-state index < -0.39 is 0 Å². The van der Waals surface area contributed by atoms with Gasteiger partial charge in [0.1, 0.15) is 0 Å². The number of benzene rings is 1. The van der Waals surface area contributed by atoms with Crippen molar-refractivity contribution in [2.45, 2.75) is 0 Å². The lowest BCUT2D eigenvalue weighted by molar-refractivity contribution is -0.726. The van der Waals surface area contributed by atoms with E-state index in [1.165, 1.54) is 12.4 Å². The molecular weight excluding hydrogens is 156 g/mol. The molecule has 0 bridgehead atoms. The van der Waals surface area contributed by atoms with E-state index >= 15 is 0 Å². The van der Waals surface area contributed by atoms with Crippen molar-refractivity contribution < 1.29 is 9.82 Å². The molecule has 1 aromatic rings. The van der Waals surface area contributed by atoms with Crippen LogP contribution in [0, 0.1) is 10.1 Å². The SMILES string of the molecule is O=[N+]1C=C[NH+]([O-])c2ccccc21. The van der Waals surface area contributed by atoms with Crippen LogP contribution >= 0.6 is 0 Å². The predicted octanol–water partition coefficient (Wildman–Crippen LogP) is 0.596. The third-order valence-electron chi connectivity index (χ3n) is 1.77. The van der Waals surface area contributed by atoms with Crippen LogP contribution in [0.3, 0.4) is 0 Å². The molecule has 1 N–H and O–H groups in total. The van der Waals surface area contributed by atoms with E-state index in [4.69, 9.17) is 0 Å². The van der Waals surface area contributed by atoms with Crippen molar-refractivity contribution in [2.24, 2.45) is 0 Å². The van der Waals surface area contributed by atoms with Gasteiger partial charge in [-0.05, 0) is 0 Å².